The zero-order valence-electron chi connectivity index (χ0n) is 20.9. The average Bonchev–Trinajstić information content (AvgIpc) is 3.46. The van der Waals surface area contributed by atoms with Crippen molar-refractivity contribution in [1.29, 1.82) is 0 Å². The molecule has 0 N–H and O–H groups in total. The maximum absolute atomic E-state index is 13.6. The Morgan fingerprint density at radius 1 is 1.11 bits per heavy atom. The summed E-state index contributed by atoms with van der Waals surface area (Å²) in [5.74, 6) is -0.462. The monoisotopic (exact) mass is 494 g/mol. The van der Waals surface area contributed by atoms with Gasteiger partial charge in [-0.25, -0.2) is 4.79 Å². The van der Waals surface area contributed by atoms with E-state index in [0.29, 0.717) is 32.1 Å². The van der Waals surface area contributed by atoms with Crippen LogP contribution in [0.3, 0.4) is 0 Å². The molecule has 5 rings (SSSR count). The molecule has 3 heterocycles. The van der Waals surface area contributed by atoms with Crippen molar-refractivity contribution in [3.05, 3.63) is 63.6 Å². The van der Waals surface area contributed by atoms with Crippen molar-refractivity contribution in [3.8, 4) is 5.75 Å². The van der Waals surface area contributed by atoms with Gasteiger partial charge in [0.2, 0.25) is 5.43 Å². The molecule has 1 amide bonds. The zero-order chi connectivity index (χ0) is 25.1. The van der Waals surface area contributed by atoms with Crippen molar-refractivity contribution in [1.82, 2.24) is 9.47 Å². The number of ether oxygens (including phenoxy) is 3. The van der Waals surface area contributed by atoms with Gasteiger partial charge in [0.1, 0.15) is 12.2 Å². The van der Waals surface area contributed by atoms with Gasteiger partial charge in [0, 0.05) is 38.9 Å². The average molecular weight is 495 g/mol. The van der Waals surface area contributed by atoms with Gasteiger partial charge in [0.25, 0.3) is 5.91 Å². The molecule has 1 aromatic carbocycles. The smallest absolute Gasteiger partial charge is 0.343 e. The van der Waals surface area contributed by atoms with Crippen molar-refractivity contribution >= 4 is 11.9 Å². The number of piperidine rings is 1. The maximum atomic E-state index is 13.6. The Bertz CT molecular complexity index is 1180. The fraction of sp³-hybridized carbons (Fsp3) is 0.536. The van der Waals surface area contributed by atoms with E-state index < -0.39 is 11.4 Å². The molecule has 1 saturated heterocycles. The third-order valence-electron chi connectivity index (χ3n) is 7.60. The molecule has 1 saturated carbocycles. The van der Waals surface area contributed by atoms with Crippen LogP contribution in [0, 0.1) is 5.92 Å². The summed E-state index contributed by atoms with van der Waals surface area (Å²) < 4.78 is 18.7. The normalized spacial score (nSPS) is 21.9. The second-order valence-corrected chi connectivity index (χ2v) is 10.2. The molecule has 1 aliphatic carbocycles. The first-order valence-corrected chi connectivity index (χ1v) is 13.0. The van der Waals surface area contributed by atoms with E-state index in [-0.39, 0.29) is 41.7 Å². The summed E-state index contributed by atoms with van der Waals surface area (Å²) in [6.07, 6.45) is 7.12. The van der Waals surface area contributed by atoms with Crippen LogP contribution in [-0.2, 0) is 22.6 Å². The van der Waals surface area contributed by atoms with Crippen molar-refractivity contribution in [2.75, 3.05) is 26.4 Å². The number of benzene rings is 1. The fourth-order valence-corrected chi connectivity index (χ4v) is 5.78. The number of carbonyl (C=O) groups is 2. The van der Waals surface area contributed by atoms with Crippen LogP contribution in [0.15, 0.2) is 41.3 Å². The van der Waals surface area contributed by atoms with E-state index >= 15 is 0 Å². The van der Waals surface area contributed by atoms with Gasteiger partial charge in [-0.1, -0.05) is 43.7 Å². The van der Waals surface area contributed by atoms with Gasteiger partial charge in [-0.3, -0.25) is 9.59 Å². The number of hydrogen-bond acceptors (Lipinski definition) is 6. The molecule has 0 radical (unpaired) electrons. The van der Waals surface area contributed by atoms with Crippen molar-refractivity contribution < 1.29 is 23.8 Å². The summed E-state index contributed by atoms with van der Waals surface area (Å²) in [4.78, 5) is 42.0. The summed E-state index contributed by atoms with van der Waals surface area (Å²) in [7, 11) is 0. The number of hydrogen-bond donors (Lipinski definition) is 0. The van der Waals surface area contributed by atoms with Gasteiger partial charge in [0.05, 0.1) is 12.1 Å². The third kappa shape index (κ3) is 4.66. The van der Waals surface area contributed by atoms with Crippen LogP contribution in [0.4, 0.5) is 0 Å². The van der Waals surface area contributed by atoms with Crippen LogP contribution in [0.1, 0.15) is 71.9 Å². The Balaban J connectivity index is 1.40. The van der Waals surface area contributed by atoms with Gasteiger partial charge in [-0.05, 0) is 37.2 Å². The number of carbonyl (C=O) groups excluding carboxylic acids is 2. The highest BCUT2D eigenvalue weighted by atomic mass is 16.5. The summed E-state index contributed by atoms with van der Waals surface area (Å²) in [6, 6.07) is 9.45. The molecular formula is C28H34N2O6. The molecular weight excluding hydrogens is 460 g/mol. The van der Waals surface area contributed by atoms with Crippen molar-refractivity contribution in [2.24, 2.45) is 5.92 Å². The van der Waals surface area contributed by atoms with Crippen LogP contribution in [-0.4, -0.2) is 53.2 Å². The lowest BCUT2D eigenvalue weighted by Crippen LogP contribution is -2.55. The summed E-state index contributed by atoms with van der Waals surface area (Å²) in [6.45, 7) is 4.83. The molecule has 2 aromatic rings. The van der Waals surface area contributed by atoms with Gasteiger partial charge in [0.15, 0.2) is 11.4 Å². The molecule has 2 bridgehead atoms. The Morgan fingerprint density at radius 2 is 1.92 bits per heavy atom. The number of nitrogens with zero attached hydrogens (tertiary/aromatic N) is 2. The molecule has 1 aromatic heterocycles. The SMILES string of the molecule is CCCCOCCCOC(=O)c1cn2c(c(OCc3ccccc3)c1=O)C(=O)N1C[C@@H]3CC[C@]1(C3)C2. The second kappa shape index (κ2) is 10.5. The largest absolute Gasteiger partial charge is 0.483 e. The molecule has 2 fully saturated rings. The second-order valence-electron chi connectivity index (χ2n) is 10.2. The highest BCUT2D eigenvalue weighted by Gasteiger charge is 2.56. The molecule has 1 spiro atoms. The van der Waals surface area contributed by atoms with E-state index in [1.54, 1.807) is 4.57 Å². The van der Waals surface area contributed by atoms with Crippen molar-refractivity contribution in [3.63, 3.8) is 0 Å². The van der Waals surface area contributed by atoms with E-state index in [1.165, 1.54) is 6.20 Å². The van der Waals surface area contributed by atoms with E-state index in [4.69, 9.17) is 14.2 Å². The van der Waals surface area contributed by atoms with Crippen molar-refractivity contribution in [2.45, 2.75) is 64.1 Å². The van der Waals surface area contributed by atoms with Crippen LogP contribution in [0.5, 0.6) is 5.75 Å². The molecule has 3 aliphatic rings. The first kappa shape index (κ1) is 24.6. The lowest BCUT2D eigenvalue weighted by molar-refractivity contribution is 0.0379. The van der Waals surface area contributed by atoms with E-state index in [2.05, 4.69) is 6.92 Å². The van der Waals surface area contributed by atoms with E-state index in [9.17, 15) is 14.4 Å². The van der Waals surface area contributed by atoms with E-state index in [0.717, 1.165) is 44.2 Å². The minimum absolute atomic E-state index is 0.0705. The minimum atomic E-state index is -0.698. The fourth-order valence-electron chi connectivity index (χ4n) is 5.78. The highest BCUT2D eigenvalue weighted by molar-refractivity contribution is 5.98. The zero-order valence-corrected chi connectivity index (χ0v) is 20.9. The number of unbranched alkanes of at least 4 members (excludes halogenated alkanes) is 1. The van der Waals surface area contributed by atoms with Gasteiger partial charge in [-0.15, -0.1) is 0 Å². The van der Waals surface area contributed by atoms with Crippen LogP contribution < -0.4 is 10.2 Å². The Hall–Kier alpha value is -3.13. The third-order valence-corrected chi connectivity index (χ3v) is 7.60. The van der Waals surface area contributed by atoms with Crippen LogP contribution in [0.25, 0.3) is 0 Å². The summed E-state index contributed by atoms with van der Waals surface area (Å²) in [5.41, 5.74) is 0.160. The number of esters is 1. The Kier molecular flexibility index (Phi) is 7.14. The Labute approximate surface area is 211 Å². The van der Waals surface area contributed by atoms with Gasteiger partial charge >= 0.3 is 5.97 Å². The van der Waals surface area contributed by atoms with Gasteiger partial charge in [-0.2, -0.15) is 0 Å². The van der Waals surface area contributed by atoms with Gasteiger partial charge < -0.3 is 23.7 Å². The molecule has 2 atom stereocenters. The molecule has 8 heteroatoms. The van der Waals surface area contributed by atoms with Crippen LogP contribution in [0.2, 0.25) is 0 Å². The molecule has 2 aliphatic heterocycles. The summed E-state index contributed by atoms with van der Waals surface area (Å²) in [5, 5.41) is 0. The maximum Gasteiger partial charge on any atom is 0.343 e. The quantitative estimate of drug-likeness (QED) is 0.349. The standard InChI is InChI=1S/C28H34N2O6/c1-2-3-12-34-13-7-14-35-27(33)22-17-29-19-28-11-10-21(15-28)16-30(28)26(32)23(29)25(24(22)31)36-18-20-8-5-4-6-9-20/h4-6,8-9,17,21H,2-3,7,10-16,18-19H2,1H3/t21-,28+/m1/s1. The molecule has 0 unspecified atom stereocenters. The number of pyridine rings is 1. The minimum Gasteiger partial charge on any atom is -0.483 e. The molecule has 8 nitrogen and oxygen atoms in total. The first-order chi connectivity index (χ1) is 17.5. The summed E-state index contributed by atoms with van der Waals surface area (Å²) >= 11 is 0. The highest BCUT2D eigenvalue weighted by Crippen LogP contribution is 2.50. The number of amides is 1. The first-order valence-electron chi connectivity index (χ1n) is 13.0. The number of rotatable bonds is 11. The predicted molar refractivity (Wildman–Crippen MR) is 133 cm³/mol. The number of aromatic nitrogens is 1. The Morgan fingerprint density at radius 3 is 2.69 bits per heavy atom. The lowest BCUT2D eigenvalue weighted by atomic mass is 9.93. The predicted octanol–water partition coefficient (Wildman–Crippen LogP) is 3.80. The van der Waals surface area contributed by atoms with E-state index in [1.807, 2.05) is 35.2 Å². The molecule has 36 heavy (non-hydrogen) atoms. The topological polar surface area (TPSA) is 87.1 Å². The lowest BCUT2D eigenvalue weighted by Gasteiger charge is -2.44. The van der Waals surface area contributed by atoms with Crippen LogP contribution >= 0.6 is 0 Å². The number of fused-ring (bicyclic) bond motifs is 2. The molecule has 192 valence electrons.